The number of thioether (sulfide) groups is 1. The van der Waals surface area contributed by atoms with E-state index in [1.54, 1.807) is 23.1 Å². The van der Waals surface area contributed by atoms with E-state index in [9.17, 15) is 0 Å². The molecule has 0 saturated heterocycles. The van der Waals surface area contributed by atoms with Gasteiger partial charge in [0, 0.05) is 22.2 Å². The van der Waals surface area contributed by atoms with Crippen LogP contribution >= 0.6 is 23.1 Å². The summed E-state index contributed by atoms with van der Waals surface area (Å²) in [4.78, 5) is 12.2. The second-order valence-corrected chi connectivity index (χ2v) is 9.57. The summed E-state index contributed by atoms with van der Waals surface area (Å²) < 4.78 is 11.8. The Morgan fingerprint density at radius 2 is 2.00 bits per heavy atom. The van der Waals surface area contributed by atoms with Crippen molar-refractivity contribution in [1.82, 2.24) is 9.97 Å². The standard InChI is InChI=1S/C22H26N2O2S2/c1-5-6-11-25-15-9-7-14(8-10-15)19-23-20(27-4)18-16-12-22(2,3)26-13-17(16)28-21(18)24-19/h7-10H,5-6,11-13H2,1-4H3. The fourth-order valence-electron chi connectivity index (χ4n) is 3.42. The van der Waals surface area contributed by atoms with E-state index in [1.807, 2.05) is 24.3 Å². The van der Waals surface area contributed by atoms with Gasteiger partial charge in [-0.2, -0.15) is 0 Å². The third-order valence-corrected chi connectivity index (χ3v) is 6.75. The van der Waals surface area contributed by atoms with Crippen LogP contribution in [0, 0.1) is 0 Å². The van der Waals surface area contributed by atoms with Crippen LogP contribution in [0.3, 0.4) is 0 Å². The van der Waals surface area contributed by atoms with Gasteiger partial charge in [0.15, 0.2) is 5.82 Å². The van der Waals surface area contributed by atoms with Gasteiger partial charge in [-0.25, -0.2) is 9.97 Å². The maximum absolute atomic E-state index is 6.00. The Morgan fingerprint density at radius 1 is 1.21 bits per heavy atom. The molecule has 0 unspecified atom stereocenters. The Kier molecular flexibility index (Phi) is 5.63. The third kappa shape index (κ3) is 3.91. The lowest BCUT2D eigenvalue weighted by atomic mass is 9.94. The number of aromatic nitrogens is 2. The first-order chi connectivity index (χ1) is 13.5. The molecule has 0 spiro atoms. The van der Waals surface area contributed by atoms with Crippen LogP contribution in [-0.4, -0.2) is 28.4 Å². The second-order valence-electron chi connectivity index (χ2n) is 7.69. The third-order valence-electron chi connectivity index (χ3n) is 4.97. The van der Waals surface area contributed by atoms with Gasteiger partial charge in [-0.05, 0) is 56.4 Å². The normalized spacial score (nSPS) is 15.6. The Hall–Kier alpha value is -1.63. The molecule has 28 heavy (non-hydrogen) atoms. The molecule has 0 atom stereocenters. The predicted molar refractivity (Wildman–Crippen MR) is 118 cm³/mol. The highest BCUT2D eigenvalue weighted by Gasteiger charge is 2.31. The highest BCUT2D eigenvalue weighted by atomic mass is 32.2. The summed E-state index contributed by atoms with van der Waals surface area (Å²) in [6, 6.07) is 8.11. The van der Waals surface area contributed by atoms with E-state index in [-0.39, 0.29) is 5.60 Å². The minimum Gasteiger partial charge on any atom is -0.494 e. The van der Waals surface area contributed by atoms with Gasteiger partial charge < -0.3 is 9.47 Å². The largest absolute Gasteiger partial charge is 0.494 e. The van der Waals surface area contributed by atoms with Gasteiger partial charge in [-0.1, -0.05) is 13.3 Å². The number of thiophene rings is 1. The van der Waals surface area contributed by atoms with E-state index in [4.69, 9.17) is 19.4 Å². The first-order valence-electron chi connectivity index (χ1n) is 9.74. The molecule has 0 N–H and O–H groups in total. The topological polar surface area (TPSA) is 44.2 Å². The van der Waals surface area contributed by atoms with Crippen molar-refractivity contribution in [2.75, 3.05) is 12.9 Å². The van der Waals surface area contributed by atoms with Gasteiger partial charge in [0.25, 0.3) is 0 Å². The quantitative estimate of drug-likeness (QED) is 0.277. The zero-order valence-corrected chi connectivity index (χ0v) is 18.5. The number of fused-ring (bicyclic) bond motifs is 3. The molecule has 1 aromatic carbocycles. The van der Waals surface area contributed by atoms with E-state index in [0.29, 0.717) is 6.61 Å². The zero-order chi connectivity index (χ0) is 19.7. The van der Waals surface area contributed by atoms with E-state index >= 15 is 0 Å². The first-order valence-corrected chi connectivity index (χ1v) is 11.8. The summed E-state index contributed by atoms with van der Waals surface area (Å²) in [5.74, 6) is 1.67. The lowest BCUT2D eigenvalue weighted by molar-refractivity contribution is -0.0379. The Bertz CT molecular complexity index is 980. The lowest BCUT2D eigenvalue weighted by Crippen LogP contribution is -2.31. The van der Waals surface area contributed by atoms with Gasteiger partial charge in [-0.15, -0.1) is 23.1 Å². The van der Waals surface area contributed by atoms with Crippen LogP contribution in [0.4, 0.5) is 0 Å². The van der Waals surface area contributed by atoms with Gasteiger partial charge in [0.2, 0.25) is 0 Å². The first kappa shape index (κ1) is 19.7. The van der Waals surface area contributed by atoms with Crippen LogP contribution < -0.4 is 4.74 Å². The predicted octanol–water partition coefficient (Wildman–Crippen LogP) is 6.11. The molecule has 0 fully saturated rings. The fraction of sp³-hybridized carbons (Fsp3) is 0.455. The number of unbranched alkanes of at least 4 members (excludes halogenated alkanes) is 1. The Labute approximate surface area is 174 Å². The van der Waals surface area contributed by atoms with Crippen LogP contribution in [0.2, 0.25) is 0 Å². The van der Waals surface area contributed by atoms with Crippen molar-refractivity contribution in [2.45, 2.75) is 57.3 Å². The van der Waals surface area contributed by atoms with Crippen molar-refractivity contribution in [3.8, 4) is 17.1 Å². The van der Waals surface area contributed by atoms with Crippen LogP contribution in [0.25, 0.3) is 21.6 Å². The number of hydrogen-bond donors (Lipinski definition) is 0. The average molecular weight is 415 g/mol. The molecule has 0 amide bonds. The van der Waals surface area contributed by atoms with Crippen molar-refractivity contribution in [2.24, 2.45) is 0 Å². The Morgan fingerprint density at radius 3 is 2.71 bits per heavy atom. The van der Waals surface area contributed by atoms with E-state index in [1.165, 1.54) is 15.8 Å². The second kappa shape index (κ2) is 8.01. The Balaban J connectivity index is 1.69. The van der Waals surface area contributed by atoms with Gasteiger partial charge in [-0.3, -0.25) is 0 Å². The molecule has 0 aliphatic carbocycles. The molecule has 1 aliphatic heterocycles. The van der Waals surface area contributed by atoms with Crippen LogP contribution in [0.5, 0.6) is 5.75 Å². The number of rotatable bonds is 6. The molecular weight excluding hydrogens is 388 g/mol. The van der Waals surface area contributed by atoms with Crippen molar-refractivity contribution < 1.29 is 9.47 Å². The molecule has 0 saturated carbocycles. The molecular formula is C22H26N2O2S2. The molecule has 4 rings (SSSR count). The molecule has 148 valence electrons. The lowest BCUT2D eigenvalue weighted by Gasteiger charge is -2.30. The molecule has 3 aromatic rings. The summed E-state index contributed by atoms with van der Waals surface area (Å²) in [6.07, 6.45) is 5.20. The minimum atomic E-state index is -0.136. The van der Waals surface area contributed by atoms with Gasteiger partial charge in [0.1, 0.15) is 15.6 Å². The molecule has 4 nitrogen and oxygen atoms in total. The smallest absolute Gasteiger partial charge is 0.162 e. The number of hydrogen-bond acceptors (Lipinski definition) is 6. The number of ether oxygens (including phenoxy) is 2. The van der Waals surface area contributed by atoms with Crippen molar-refractivity contribution in [3.05, 3.63) is 34.7 Å². The molecule has 3 heterocycles. The average Bonchev–Trinajstić information content (AvgIpc) is 3.04. The molecule has 0 bridgehead atoms. The SMILES string of the molecule is CCCCOc1ccc(-c2nc(SC)c3c4c(sc3n2)COC(C)(C)C4)cc1. The molecule has 6 heteroatoms. The van der Waals surface area contributed by atoms with E-state index in [0.717, 1.165) is 52.9 Å². The highest BCUT2D eigenvalue weighted by Crippen LogP contribution is 2.42. The summed E-state index contributed by atoms with van der Waals surface area (Å²) >= 11 is 3.43. The number of benzene rings is 1. The monoisotopic (exact) mass is 414 g/mol. The number of nitrogens with zero attached hydrogens (tertiary/aromatic N) is 2. The maximum Gasteiger partial charge on any atom is 0.162 e. The van der Waals surface area contributed by atoms with Gasteiger partial charge >= 0.3 is 0 Å². The maximum atomic E-state index is 6.00. The van der Waals surface area contributed by atoms with Crippen molar-refractivity contribution in [1.29, 1.82) is 0 Å². The summed E-state index contributed by atoms with van der Waals surface area (Å²) in [5.41, 5.74) is 2.25. The molecule has 0 radical (unpaired) electrons. The van der Waals surface area contributed by atoms with Crippen LogP contribution in [0.1, 0.15) is 44.1 Å². The molecule has 1 aliphatic rings. The minimum absolute atomic E-state index is 0.136. The highest BCUT2D eigenvalue weighted by molar-refractivity contribution is 7.98. The summed E-state index contributed by atoms with van der Waals surface area (Å²) in [5, 5.41) is 2.27. The van der Waals surface area contributed by atoms with Gasteiger partial charge in [0.05, 0.1) is 18.8 Å². The van der Waals surface area contributed by atoms with Crippen LogP contribution in [0.15, 0.2) is 29.3 Å². The van der Waals surface area contributed by atoms with E-state index in [2.05, 4.69) is 27.0 Å². The van der Waals surface area contributed by atoms with Crippen LogP contribution in [-0.2, 0) is 17.8 Å². The summed E-state index contributed by atoms with van der Waals surface area (Å²) in [6.45, 7) is 7.89. The molecule has 2 aromatic heterocycles. The summed E-state index contributed by atoms with van der Waals surface area (Å²) in [7, 11) is 0. The van der Waals surface area contributed by atoms with E-state index < -0.39 is 0 Å². The fourth-order valence-corrected chi connectivity index (χ4v) is 5.19. The van der Waals surface area contributed by atoms with Crippen molar-refractivity contribution in [3.63, 3.8) is 0 Å². The van der Waals surface area contributed by atoms with Crippen molar-refractivity contribution >= 4 is 33.3 Å². The zero-order valence-electron chi connectivity index (χ0n) is 16.9.